The lowest BCUT2D eigenvalue weighted by molar-refractivity contribution is -0.138. The molecule has 1 heterocycles. The lowest BCUT2D eigenvalue weighted by atomic mass is 10.00. The molecule has 5 nitrogen and oxygen atoms in total. The Morgan fingerprint density at radius 3 is 2.50 bits per heavy atom. The highest BCUT2D eigenvalue weighted by molar-refractivity contribution is 9.10. The molecule has 0 radical (unpaired) electrons. The number of fused-ring (bicyclic) bond motifs is 1. The molecular weight excluding hydrogens is 418 g/mol. The maximum atomic E-state index is 13.0. The van der Waals surface area contributed by atoms with Gasteiger partial charge in [0.1, 0.15) is 5.92 Å². The number of hydrogen-bond donors (Lipinski definition) is 1. The predicted molar refractivity (Wildman–Crippen MR) is 95.2 cm³/mol. The minimum atomic E-state index is -3.91. The van der Waals surface area contributed by atoms with Gasteiger partial charge < -0.3 is 5.11 Å². The zero-order valence-corrected chi connectivity index (χ0v) is 15.7. The lowest BCUT2D eigenvalue weighted by Gasteiger charge is -2.21. The third kappa shape index (κ3) is 2.81. The highest BCUT2D eigenvalue weighted by Gasteiger charge is 2.41. The van der Waals surface area contributed by atoms with Gasteiger partial charge >= 0.3 is 5.97 Å². The molecule has 2 aromatic rings. The van der Waals surface area contributed by atoms with Crippen molar-refractivity contribution in [3.8, 4) is 0 Å². The Morgan fingerprint density at radius 2 is 1.92 bits per heavy atom. The Morgan fingerprint density at radius 1 is 1.29 bits per heavy atom. The maximum absolute atomic E-state index is 13.0. The molecule has 3 rings (SSSR count). The van der Waals surface area contributed by atoms with E-state index in [0.29, 0.717) is 5.56 Å². The normalized spacial score (nSPS) is 17.0. The van der Waals surface area contributed by atoms with Gasteiger partial charge in [0.25, 0.3) is 10.0 Å². The van der Waals surface area contributed by atoms with Crippen LogP contribution in [0.2, 0.25) is 5.02 Å². The number of aliphatic carboxylic acids is 1. The summed E-state index contributed by atoms with van der Waals surface area (Å²) in [5.74, 6) is -2.02. The number of carboxylic acids is 1. The topological polar surface area (TPSA) is 74.7 Å². The first-order valence-corrected chi connectivity index (χ1v) is 9.64. The molecule has 0 saturated carbocycles. The van der Waals surface area contributed by atoms with E-state index in [-0.39, 0.29) is 22.2 Å². The molecular formula is C16H13BrClNO4S. The molecule has 0 amide bonds. The summed E-state index contributed by atoms with van der Waals surface area (Å²) < 4.78 is 27.8. The van der Waals surface area contributed by atoms with Crippen molar-refractivity contribution < 1.29 is 18.3 Å². The van der Waals surface area contributed by atoms with Crippen molar-refractivity contribution in [1.82, 2.24) is 0 Å². The van der Waals surface area contributed by atoms with E-state index in [2.05, 4.69) is 15.9 Å². The average Bonchev–Trinajstić information content (AvgIpc) is 2.88. The van der Waals surface area contributed by atoms with Crippen LogP contribution in [0.25, 0.3) is 0 Å². The number of aryl methyl sites for hydroxylation is 1. The van der Waals surface area contributed by atoms with E-state index < -0.39 is 21.9 Å². The zero-order valence-electron chi connectivity index (χ0n) is 12.5. The van der Waals surface area contributed by atoms with Gasteiger partial charge in [-0.1, -0.05) is 33.6 Å². The Hall–Kier alpha value is -1.57. The second kappa shape index (κ2) is 6.06. The molecule has 24 heavy (non-hydrogen) atoms. The Balaban J connectivity index is 2.17. The van der Waals surface area contributed by atoms with Crippen molar-refractivity contribution in [3.05, 3.63) is 57.0 Å². The van der Waals surface area contributed by atoms with Crippen LogP contribution in [-0.2, 0) is 14.8 Å². The van der Waals surface area contributed by atoms with E-state index in [4.69, 9.17) is 11.6 Å². The smallest absolute Gasteiger partial charge is 0.312 e. The summed E-state index contributed by atoms with van der Waals surface area (Å²) in [5.41, 5.74) is 1.46. The molecule has 126 valence electrons. The van der Waals surface area contributed by atoms with E-state index in [1.807, 2.05) is 0 Å². The molecule has 1 aliphatic rings. The van der Waals surface area contributed by atoms with Crippen molar-refractivity contribution in [2.45, 2.75) is 17.7 Å². The Bertz CT molecular complexity index is 928. The molecule has 1 aliphatic heterocycles. The maximum Gasteiger partial charge on any atom is 0.312 e. The van der Waals surface area contributed by atoms with E-state index in [9.17, 15) is 18.3 Å². The van der Waals surface area contributed by atoms with Crippen LogP contribution in [0, 0.1) is 6.92 Å². The first kappa shape index (κ1) is 17.3. The van der Waals surface area contributed by atoms with Gasteiger partial charge in [-0.05, 0) is 48.4 Å². The van der Waals surface area contributed by atoms with Crippen LogP contribution in [-0.4, -0.2) is 26.0 Å². The number of halogens is 2. The summed E-state index contributed by atoms with van der Waals surface area (Å²) in [5, 5.41) is 9.69. The van der Waals surface area contributed by atoms with Gasteiger partial charge in [-0.15, -0.1) is 0 Å². The fraction of sp³-hybridized carbons (Fsp3) is 0.188. The van der Waals surface area contributed by atoms with E-state index >= 15 is 0 Å². The van der Waals surface area contributed by atoms with Gasteiger partial charge in [0.2, 0.25) is 0 Å². The van der Waals surface area contributed by atoms with Crippen molar-refractivity contribution >= 4 is 49.2 Å². The lowest BCUT2D eigenvalue weighted by Crippen LogP contribution is -2.31. The predicted octanol–water partition coefficient (Wildman–Crippen LogP) is 3.79. The molecule has 0 bridgehead atoms. The number of carboxylic acid groups (broad SMARTS) is 1. The number of hydrogen-bond acceptors (Lipinski definition) is 3. The van der Waals surface area contributed by atoms with Crippen molar-refractivity contribution in [2.24, 2.45) is 0 Å². The largest absolute Gasteiger partial charge is 0.481 e. The number of nitrogens with zero attached hydrogens (tertiary/aromatic N) is 1. The third-order valence-corrected chi connectivity index (χ3v) is 6.51. The van der Waals surface area contributed by atoms with Crippen molar-refractivity contribution in [1.29, 1.82) is 0 Å². The summed E-state index contributed by atoms with van der Waals surface area (Å²) in [6.07, 6.45) is 0. The van der Waals surface area contributed by atoms with Gasteiger partial charge in [0.15, 0.2) is 0 Å². The molecule has 1 unspecified atom stereocenters. The first-order valence-electron chi connectivity index (χ1n) is 7.03. The second-order valence-electron chi connectivity index (χ2n) is 5.57. The molecule has 0 saturated heterocycles. The minimum absolute atomic E-state index is 0.0827. The van der Waals surface area contributed by atoms with Crippen molar-refractivity contribution in [3.63, 3.8) is 0 Å². The molecule has 1 atom stereocenters. The number of carbonyl (C=O) groups is 1. The van der Waals surface area contributed by atoms with Crippen LogP contribution in [0.4, 0.5) is 5.69 Å². The highest BCUT2D eigenvalue weighted by atomic mass is 79.9. The Labute approximate surface area is 153 Å². The van der Waals surface area contributed by atoms with E-state index in [1.165, 1.54) is 12.1 Å². The molecule has 0 aliphatic carbocycles. The van der Waals surface area contributed by atoms with Crippen LogP contribution in [0.3, 0.4) is 0 Å². The third-order valence-electron chi connectivity index (χ3n) is 3.91. The molecule has 0 aromatic heterocycles. The van der Waals surface area contributed by atoms with Crippen LogP contribution >= 0.6 is 27.5 Å². The van der Waals surface area contributed by atoms with Crippen LogP contribution < -0.4 is 4.31 Å². The second-order valence-corrected chi connectivity index (χ2v) is 8.75. The quantitative estimate of drug-likeness (QED) is 0.804. The van der Waals surface area contributed by atoms with Gasteiger partial charge in [-0.2, -0.15) is 0 Å². The summed E-state index contributed by atoms with van der Waals surface area (Å²) in [4.78, 5) is 11.7. The fourth-order valence-corrected chi connectivity index (χ4v) is 5.03. The van der Waals surface area contributed by atoms with Crippen LogP contribution in [0.1, 0.15) is 17.0 Å². The summed E-state index contributed by atoms with van der Waals surface area (Å²) in [6, 6.07) is 9.49. The first-order chi connectivity index (χ1) is 11.2. The van der Waals surface area contributed by atoms with Crippen LogP contribution in [0.5, 0.6) is 0 Å². The molecule has 2 aromatic carbocycles. The molecule has 0 fully saturated rings. The van der Waals surface area contributed by atoms with Gasteiger partial charge in [0, 0.05) is 4.47 Å². The minimum Gasteiger partial charge on any atom is -0.481 e. The Kier molecular flexibility index (Phi) is 4.36. The summed E-state index contributed by atoms with van der Waals surface area (Å²) in [7, 11) is -3.91. The number of sulfonamides is 1. The molecule has 0 spiro atoms. The number of benzene rings is 2. The zero-order chi connectivity index (χ0) is 17.6. The number of anilines is 1. The fourth-order valence-electron chi connectivity index (χ4n) is 2.81. The number of rotatable bonds is 3. The SMILES string of the molecule is Cc1cc(Cl)c2c(c1)C(C(=O)O)CN2S(=O)(=O)c1ccc(Br)cc1. The summed E-state index contributed by atoms with van der Waals surface area (Å²) >= 11 is 9.51. The van der Waals surface area contributed by atoms with E-state index in [1.54, 1.807) is 31.2 Å². The van der Waals surface area contributed by atoms with Gasteiger partial charge in [-0.25, -0.2) is 8.42 Å². The van der Waals surface area contributed by atoms with E-state index in [0.717, 1.165) is 14.3 Å². The average molecular weight is 431 g/mol. The molecule has 1 N–H and O–H groups in total. The monoisotopic (exact) mass is 429 g/mol. The summed E-state index contributed by atoms with van der Waals surface area (Å²) in [6.45, 7) is 1.61. The van der Waals surface area contributed by atoms with Crippen LogP contribution in [0.15, 0.2) is 45.8 Å². The standard InChI is InChI=1S/C16H13BrClNO4S/c1-9-6-12-13(16(20)21)8-19(15(12)14(18)7-9)24(22,23)11-4-2-10(17)3-5-11/h2-7,13H,8H2,1H3,(H,20,21). The van der Waals surface area contributed by atoms with Gasteiger partial charge in [0.05, 0.1) is 22.2 Å². The van der Waals surface area contributed by atoms with Crippen molar-refractivity contribution in [2.75, 3.05) is 10.8 Å². The molecule has 8 heteroatoms. The highest BCUT2D eigenvalue weighted by Crippen LogP contribution is 2.44. The van der Waals surface area contributed by atoms with Gasteiger partial charge in [-0.3, -0.25) is 9.10 Å².